The third kappa shape index (κ3) is 8.96. The molecule has 2 amide bonds. The Bertz CT molecular complexity index is 1410. The predicted molar refractivity (Wildman–Crippen MR) is 167 cm³/mol. The van der Waals surface area contributed by atoms with Crippen LogP contribution in [0.3, 0.4) is 0 Å². The van der Waals surface area contributed by atoms with Crippen LogP contribution in [0.15, 0.2) is 72.8 Å². The number of nitrogens with one attached hydrogen (secondary N) is 1. The summed E-state index contributed by atoms with van der Waals surface area (Å²) in [4.78, 5) is 29.1. The second-order valence-electron chi connectivity index (χ2n) is 10.2. The van der Waals surface area contributed by atoms with E-state index in [9.17, 15) is 18.0 Å². The summed E-state index contributed by atoms with van der Waals surface area (Å²) in [6.07, 6.45) is 1.98. The molecule has 0 unspecified atom stereocenters. The molecule has 7 nitrogen and oxygen atoms in total. The smallest absolute Gasteiger partial charge is 0.244 e. The number of carbonyl (C=O) groups is 2. The summed E-state index contributed by atoms with van der Waals surface area (Å²) in [5.41, 5.74) is 2.71. The van der Waals surface area contributed by atoms with E-state index >= 15 is 0 Å². The lowest BCUT2D eigenvalue weighted by Crippen LogP contribution is -2.53. The van der Waals surface area contributed by atoms with Gasteiger partial charge in [-0.15, -0.1) is 0 Å². The number of benzene rings is 3. The van der Waals surface area contributed by atoms with Crippen LogP contribution in [0, 0.1) is 0 Å². The van der Waals surface area contributed by atoms with Crippen LogP contribution in [0.25, 0.3) is 0 Å². The molecule has 1 atom stereocenters. The van der Waals surface area contributed by atoms with E-state index in [4.69, 9.17) is 23.2 Å². The average molecular weight is 619 g/mol. The number of nitrogens with zero attached hydrogens (tertiary/aromatic N) is 2. The van der Waals surface area contributed by atoms with E-state index in [2.05, 4.69) is 5.32 Å². The van der Waals surface area contributed by atoms with Gasteiger partial charge in [0, 0.05) is 35.1 Å². The molecule has 0 aromatic heterocycles. The molecule has 0 aliphatic rings. The summed E-state index contributed by atoms with van der Waals surface area (Å²) < 4.78 is 26.9. The van der Waals surface area contributed by atoms with Crippen LogP contribution in [0.1, 0.15) is 49.8 Å². The lowest BCUT2D eigenvalue weighted by molar-refractivity contribution is -0.140. The van der Waals surface area contributed by atoms with Gasteiger partial charge in [0.15, 0.2) is 0 Å². The maximum absolute atomic E-state index is 14.1. The van der Waals surface area contributed by atoms with Crippen LogP contribution in [-0.4, -0.2) is 50.5 Å². The molecule has 220 valence electrons. The van der Waals surface area contributed by atoms with Crippen molar-refractivity contribution in [3.8, 4) is 0 Å². The minimum Gasteiger partial charge on any atom is -0.354 e. The molecule has 0 aliphatic carbocycles. The number of rotatable bonds is 13. The highest BCUT2D eigenvalue weighted by Gasteiger charge is 2.33. The number of carbonyl (C=O) groups excluding carboxylic acids is 2. The number of amides is 2. The van der Waals surface area contributed by atoms with E-state index in [-0.39, 0.29) is 24.8 Å². The summed E-state index contributed by atoms with van der Waals surface area (Å²) in [5, 5.41) is 3.58. The quantitative estimate of drug-likeness (QED) is 0.253. The second kappa shape index (κ2) is 14.7. The molecule has 1 N–H and O–H groups in total. The van der Waals surface area contributed by atoms with Crippen LogP contribution < -0.4 is 9.62 Å². The third-order valence-electron chi connectivity index (χ3n) is 6.74. The zero-order valence-electron chi connectivity index (χ0n) is 23.8. The molecule has 0 aliphatic heterocycles. The van der Waals surface area contributed by atoms with E-state index in [0.717, 1.165) is 21.7 Å². The minimum atomic E-state index is -3.85. The van der Waals surface area contributed by atoms with Gasteiger partial charge in [-0.1, -0.05) is 92.5 Å². The van der Waals surface area contributed by atoms with Crippen molar-refractivity contribution in [1.29, 1.82) is 0 Å². The molecule has 3 rings (SSSR count). The maximum atomic E-state index is 14.1. The fourth-order valence-corrected chi connectivity index (χ4v) is 5.78. The molecule has 0 saturated heterocycles. The first kappa shape index (κ1) is 32.4. The highest BCUT2D eigenvalue weighted by Crippen LogP contribution is 2.28. The highest BCUT2D eigenvalue weighted by atomic mass is 35.5. The van der Waals surface area contributed by atoms with Gasteiger partial charge in [0.1, 0.15) is 12.6 Å². The van der Waals surface area contributed by atoms with Gasteiger partial charge < -0.3 is 10.2 Å². The van der Waals surface area contributed by atoms with Crippen molar-refractivity contribution in [1.82, 2.24) is 10.2 Å². The zero-order valence-corrected chi connectivity index (χ0v) is 26.1. The Morgan fingerprint density at radius 3 is 2.05 bits per heavy atom. The van der Waals surface area contributed by atoms with Gasteiger partial charge in [0.05, 0.1) is 11.9 Å². The van der Waals surface area contributed by atoms with Crippen molar-refractivity contribution in [2.75, 3.05) is 23.7 Å². The van der Waals surface area contributed by atoms with E-state index in [1.165, 1.54) is 4.90 Å². The van der Waals surface area contributed by atoms with Gasteiger partial charge in [-0.25, -0.2) is 8.42 Å². The van der Waals surface area contributed by atoms with Crippen molar-refractivity contribution in [2.24, 2.45) is 0 Å². The molecule has 0 heterocycles. The third-order valence-corrected chi connectivity index (χ3v) is 8.59. The number of hydrogen-bond acceptors (Lipinski definition) is 4. The first-order valence-corrected chi connectivity index (χ1v) is 16.1. The Kier molecular flexibility index (Phi) is 11.6. The Morgan fingerprint density at radius 2 is 1.51 bits per heavy atom. The fourth-order valence-electron chi connectivity index (χ4n) is 4.41. The highest BCUT2D eigenvalue weighted by molar-refractivity contribution is 7.92. The Morgan fingerprint density at radius 1 is 0.902 bits per heavy atom. The van der Waals surface area contributed by atoms with E-state index in [0.29, 0.717) is 34.3 Å². The summed E-state index contributed by atoms with van der Waals surface area (Å²) in [6.45, 7) is 5.86. The van der Waals surface area contributed by atoms with E-state index < -0.39 is 28.5 Å². The Labute approximate surface area is 253 Å². The number of hydrogen-bond donors (Lipinski definition) is 1. The topological polar surface area (TPSA) is 86.8 Å². The zero-order chi connectivity index (χ0) is 30.2. The molecule has 0 spiro atoms. The van der Waals surface area contributed by atoms with Gasteiger partial charge >= 0.3 is 0 Å². The summed E-state index contributed by atoms with van der Waals surface area (Å²) in [5.74, 6) is -0.653. The summed E-state index contributed by atoms with van der Waals surface area (Å²) in [7, 11) is -3.85. The van der Waals surface area contributed by atoms with Gasteiger partial charge in [-0.05, 0) is 47.7 Å². The summed E-state index contributed by atoms with van der Waals surface area (Å²) >= 11 is 13.0. The Hall–Kier alpha value is -3.07. The van der Waals surface area contributed by atoms with Crippen LogP contribution >= 0.6 is 23.2 Å². The molecular weight excluding hydrogens is 581 g/mol. The van der Waals surface area contributed by atoms with E-state index in [1.807, 2.05) is 63.2 Å². The van der Waals surface area contributed by atoms with Gasteiger partial charge in [-0.2, -0.15) is 0 Å². The predicted octanol–water partition coefficient (Wildman–Crippen LogP) is 6.05. The second-order valence-corrected chi connectivity index (χ2v) is 13.0. The number of halogens is 2. The first-order chi connectivity index (χ1) is 19.4. The number of sulfonamides is 1. The van der Waals surface area contributed by atoms with Gasteiger partial charge in [0.25, 0.3) is 0 Å². The SMILES string of the molecule is CCCNC(=O)[C@H](Cc1ccccc1)N(Cc1c(Cl)cccc1Cl)C(=O)CN(c1ccc(C(C)C)cc1)S(C)(=O)=O. The first-order valence-electron chi connectivity index (χ1n) is 13.5. The lowest BCUT2D eigenvalue weighted by atomic mass is 10.0. The molecule has 3 aromatic rings. The average Bonchev–Trinajstić information content (AvgIpc) is 2.93. The molecule has 3 aromatic carbocycles. The molecule has 0 bridgehead atoms. The van der Waals surface area contributed by atoms with Crippen molar-refractivity contribution in [3.05, 3.63) is 99.5 Å². The van der Waals surface area contributed by atoms with Crippen molar-refractivity contribution < 1.29 is 18.0 Å². The molecule has 41 heavy (non-hydrogen) atoms. The monoisotopic (exact) mass is 617 g/mol. The summed E-state index contributed by atoms with van der Waals surface area (Å²) in [6, 6.07) is 20.5. The van der Waals surface area contributed by atoms with Gasteiger partial charge in [0.2, 0.25) is 21.8 Å². The van der Waals surface area contributed by atoms with Crippen molar-refractivity contribution in [2.45, 2.75) is 52.1 Å². The standard InChI is InChI=1S/C31H37Cl2N3O4S/c1-5-18-34-31(38)29(19-23-10-7-6-8-11-23)35(20-26-27(32)12-9-13-28(26)33)30(37)21-36(41(4,39)40)25-16-14-24(15-17-25)22(2)3/h6-17,22,29H,5,18-21H2,1-4H3,(H,34,38)/t29-/m0/s1. The maximum Gasteiger partial charge on any atom is 0.244 e. The molecule has 10 heteroatoms. The minimum absolute atomic E-state index is 0.0850. The van der Waals surface area contributed by atoms with E-state index in [1.54, 1.807) is 30.3 Å². The van der Waals surface area contributed by atoms with Crippen LogP contribution in [0.2, 0.25) is 10.0 Å². The molecule has 0 saturated carbocycles. The van der Waals surface area contributed by atoms with Crippen LogP contribution in [0.5, 0.6) is 0 Å². The Balaban J connectivity index is 2.07. The van der Waals surface area contributed by atoms with Crippen LogP contribution in [0.4, 0.5) is 5.69 Å². The van der Waals surface area contributed by atoms with Crippen molar-refractivity contribution >= 4 is 50.7 Å². The molecule has 0 fully saturated rings. The van der Waals surface area contributed by atoms with Crippen LogP contribution in [-0.2, 0) is 32.6 Å². The fraction of sp³-hybridized carbons (Fsp3) is 0.355. The molecular formula is C31H37Cl2N3O4S. The van der Waals surface area contributed by atoms with Gasteiger partial charge in [-0.3, -0.25) is 13.9 Å². The number of anilines is 1. The largest absolute Gasteiger partial charge is 0.354 e. The molecule has 0 radical (unpaired) electrons. The lowest BCUT2D eigenvalue weighted by Gasteiger charge is -2.34. The normalized spacial score (nSPS) is 12.2. The van der Waals surface area contributed by atoms with Crippen molar-refractivity contribution in [3.63, 3.8) is 0 Å².